The van der Waals surface area contributed by atoms with E-state index in [2.05, 4.69) is 5.32 Å². The van der Waals surface area contributed by atoms with Gasteiger partial charge in [-0.1, -0.05) is 6.07 Å². The van der Waals surface area contributed by atoms with Gasteiger partial charge in [-0.15, -0.1) is 0 Å². The number of carbonyl (C=O) groups excluding carboxylic acids is 1. The van der Waals surface area contributed by atoms with Gasteiger partial charge in [0.2, 0.25) is 0 Å². The topological polar surface area (TPSA) is 50.8 Å². The van der Waals surface area contributed by atoms with E-state index < -0.39 is 5.79 Å². The molecular weight excluding hydrogens is 311 g/mol. The van der Waals surface area contributed by atoms with Gasteiger partial charge in [-0.3, -0.25) is 0 Å². The average molecular weight is 334 g/mol. The summed E-state index contributed by atoms with van der Waals surface area (Å²) in [6, 6.07) is 4.64. The van der Waals surface area contributed by atoms with Gasteiger partial charge in [0.05, 0.1) is 25.8 Å². The largest absolute Gasteiger partial charge is 0.346 e. The van der Waals surface area contributed by atoms with E-state index in [1.54, 1.807) is 11.0 Å². The smallest absolute Gasteiger partial charge is 0.318 e. The summed E-state index contributed by atoms with van der Waals surface area (Å²) in [7, 11) is 0. The zero-order chi connectivity index (χ0) is 16.6. The highest BCUT2D eigenvalue weighted by molar-refractivity contribution is 5.75. The number of benzene rings is 1. The first-order valence-corrected chi connectivity index (χ1v) is 8.77. The van der Waals surface area contributed by atoms with Crippen LogP contribution in [0.3, 0.4) is 0 Å². The Hall–Kier alpha value is -1.66. The fourth-order valence-corrected chi connectivity index (χ4v) is 4.05. The van der Waals surface area contributed by atoms with Crippen molar-refractivity contribution >= 4 is 6.03 Å². The minimum absolute atomic E-state index is 0.115. The van der Waals surface area contributed by atoms with Crippen LogP contribution in [0, 0.1) is 5.82 Å². The van der Waals surface area contributed by atoms with Crippen molar-refractivity contribution in [1.82, 2.24) is 10.2 Å². The predicted octanol–water partition coefficient (Wildman–Crippen LogP) is 2.75. The Labute approximate surface area is 141 Å². The summed E-state index contributed by atoms with van der Waals surface area (Å²) in [5.41, 5.74) is 2.04. The molecule has 1 N–H and O–H groups in total. The number of carbonyl (C=O) groups is 1. The fraction of sp³-hybridized carbons (Fsp3) is 0.611. The van der Waals surface area contributed by atoms with Gasteiger partial charge in [-0.25, -0.2) is 9.18 Å². The Bertz CT molecular complexity index is 631. The Morgan fingerprint density at radius 3 is 2.96 bits per heavy atom. The number of ether oxygens (including phenoxy) is 2. The highest BCUT2D eigenvalue weighted by Crippen LogP contribution is 2.32. The zero-order valence-electron chi connectivity index (χ0n) is 13.7. The molecule has 0 radical (unpaired) electrons. The lowest BCUT2D eigenvalue weighted by molar-refractivity contribution is -0.182. The molecule has 6 heteroatoms. The average Bonchev–Trinajstić information content (AvgIpc) is 3.03. The van der Waals surface area contributed by atoms with Gasteiger partial charge in [0, 0.05) is 13.0 Å². The zero-order valence-corrected chi connectivity index (χ0v) is 13.7. The van der Waals surface area contributed by atoms with Crippen LogP contribution < -0.4 is 5.32 Å². The summed E-state index contributed by atoms with van der Waals surface area (Å²) in [5, 5.41) is 3.09. The Balaban J connectivity index is 1.46. The van der Waals surface area contributed by atoms with E-state index in [1.807, 2.05) is 6.07 Å². The van der Waals surface area contributed by atoms with Crippen molar-refractivity contribution in [2.75, 3.05) is 26.3 Å². The van der Waals surface area contributed by atoms with Gasteiger partial charge in [0.1, 0.15) is 5.82 Å². The summed E-state index contributed by atoms with van der Waals surface area (Å²) >= 11 is 0. The SMILES string of the molecule is O=C(N[C@H]1CCCc2ccc(F)cc21)N1CCCC2(C1)OCCO2. The Kier molecular flexibility index (Phi) is 4.18. The van der Waals surface area contributed by atoms with E-state index >= 15 is 0 Å². The molecule has 2 aliphatic heterocycles. The number of hydrogen-bond donors (Lipinski definition) is 1. The number of urea groups is 1. The molecule has 2 heterocycles. The second kappa shape index (κ2) is 6.33. The number of halogens is 1. The van der Waals surface area contributed by atoms with Crippen molar-refractivity contribution in [3.8, 4) is 0 Å². The van der Waals surface area contributed by atoms with Crippen LogP contribution >= 0.6 is 0 Å². The molecule has 2 saturated heterocycles. The predicted molar refractivity (Wildman–Crippen MR) is 86.1 cm³/mol. The van der Waals surface area contributed by atoms with Crippen molar-refractivity contribution < 1.29 is 18.7 Å². The summed E-state index contributed by atoms with van der Waals surface area (Å²) in [6.45, 7) is 2.33. The van der Waals surface area contributed by atoms with Crippen LogP contribution in [0.4, 0.5) is 9.18 Å². The third kappa shape index (κ3) is 3.00. The fourth-order valence-electron chi connectivity index (χ4n) is 4.05. The molecule has 1 atom stereocenters. The van der Waals surface area contributed by atoms with Gasteiger partial charge in [0.15, 0.2) is 5.79 Å². The van der Waals surface area contributed by atoms with Gasteiger partial charge in [0.25, 0.3) is 0 Å². The molecule has 1 aromatic carbocycles. The number of hydrogen-bond acceptors (Lipinski definition) is 3. The van der Waals surface area contributed by atoms with Crippen LogP contribution in [-0.4, -0.2) is 43.0 Å². The molecule has 0 saturated carbocycles. The molecule has 1 aromatic rings. The highest BCUT2D eigenvalue weighted by Gasteiger charge is 2.42. The van der Waals surface area contributed by atoms with Crippen LogP contribution in [0.25, 0.3) is 0 Å². The first-order valence-electron chi connectivity index (χ1n) is 8.77. The third-order valence-electron chi connectivity index (χ3n) is 5.24. The van der Waals surface area contributed by atoms with E-state index in [1.165, 1.54) is 6.07 Å². The molecule has 2 fully saturated rings. The number of fused-ring (bicyclic) bond motifs is 1. The number of rotatable bonds is 1. The molecule has 1 aliphatic carbocycles. The third-order valence-corrected chi connectivity index (χ3v) is 5.24. The van der Waals surface area contributed by atoms with E-state index in [0.717, 1.165) is 43.2 Å². The molecule has 3 aliphatic rings. The molecule has 1 spiro atoms. The lowest BCUT2D eigenvalue weighted by Crippen LogP contribution is -2.54. The molecular formula is C18H23FN2O3. The van der Waals surface area contributed by atoms with Crippen molar-refractivity contribution in [2.45, 2.75) is 43.9 Å². The van der Waals surface area contributed by atoms with E-state index in [9.17, 15) is 9.18 Å². The number of likely N-dealkylation sites (tertiary alicyclic amines) is 1. The molecule has 5 nitrogen and oxygen atoms in total. The molecule has 2 amide bonds. The van der Waals surface area contributed by atoms with Crippen molar-refractivity contribution in [3.63, 3.8) is 0 Å². The summed E-state index contributed by atoms with van der Waals surface area (Å²) < 4.78 is 25.1. The number of aryl methyl sites for hydroxylation is 1. The first-order chi connectivity index (χ1) is 11.7. The molecule has 0 aromatic heterocycles. The van der Waals surface area contributed by atoms with E-state index in [-0.39, 0.29) is 17.9 Å². The first kappa shape index (κ1) is 15.8. The van der Waals surface area contributed by atoms with Crippen LogP contribution in [0.1, 0.15) is 42.9 Å². The molecule has 24 heavy (non-hydrogen) atoms. The van der Waals surface area contributed by atoms with Gasteiger partial charge in [-0.05, 0) is 48.9 Å². The van der Waals surface area contributed by atoms with Crippen LogP contribution in [0.2, 0.25) is 0 Å². The summed E-state index contributed by atoms with van der Waals surface area (Å²) in [6.07, 6.45) is 4.47. The standard InChI is InChI=1S/C18H23FN2O3/c19-14-6-5-13-3-1-4-16(15(13)11-14)20-17(22)21-8-2-7-18(12-21)23-9-10-24-18/h5-6,11,16H,1-4,7-10,12H2,(H,20,22)/t16-/m0/s1. The van der Waals surface area contributed by atoms with Crippen LogP contribution in [0.5, 0.6) is 0 Å². The number of piperidine rings is 1. The maximum Gasteiger partial charge on any atom is 0.318 e. The maximum atomic E-state index is 13.6. The lowest BCUT2D eigenvalue weighted by Gasteiger charge is -2.39. The highest BCUT2D eigenvalue weighted by atomic mass is 19.1. The number of nitrogens with zero attached hydrogens (tertiary/aromatic N) is 1. The minimum atomic E-state index is -0.619. The van der Waals surface area contributed by atoms with Crippen LogP contribution in [-0.2, 0) is 15.9 Å². The summed E-state index contributed by atoms with van der Waals surface area (Å²) in [4.78, 5) is 14.5. The van der Waals surface area contributed by atoms with Crippen molar-refractivity contribution in [2.24, 2.45) is 0 Å². The van der Waals surface area contributed by atoms with Gasteiger partial charge >= 0.3 is 6.03 Å². The lowest BCUT2D eigenvalue weighted by atomic mass is 9.87. The van der Waals surface area contributed by atoms with E-state index in [4.69, 9.17) is 9.47 Å². The monoisotopic (exact) mass is 334 g/mol. The molecule has 4 rings (SSSR count). The normalized spacial score (nSPS) is 25.5. The van der Waals surface area contributed by atoms with E-state index in [0.29, 0.717) is 26.3 Å². The molecule has 0 unspecified atom stereocenters. The maximum absolute atomic E-state index is 13.6. The van der Waals surface area contributed by atoms with Gasteiger partial charge in [-0.2, -0.15) is 0 Å². The number of nitrogens with one attached hydrogen (secondary N) is 1. The quantitative estimate of drug-likeness (QED) is 0.859. The second-order valence-electron chi connectivity index (χ2n) is 6.87. The minimum Gasteiger partial charge on any atom is -0.346 e. The second-order valence-corrected chi connectivity index (χ2v) is 6.87. The van der Waals surface area contributed by atoms with Crippen molar-refractivity contribution in [1.29, 1.82) is 0 Å². The molecule has 0 bridgehead atoms. The Morgan fingerprint density at radius 2 is 2.12 bits per heavy atom. The molecule has 130 valence electrons. The van der Waals surface area contributed by atoms with Crippen LogP contribution in [0.15, 0.2) is 18.2 Å². The Morgan fingerprint density at radius 1 is 1.29 bits per heavy atom. The number of amides is 2. The van der Waals surface area contributed by atoms with Gasteiger partial charge < -0.3 is 19.7 Å². The van der Waals surface area contributed by atoms with Crippen molar-refractivity contribution in [3.05, 3.63) is 35.1 Å². The summed E-state index contributed by atoms with van der Waals surface area (Å²) in [5.74, 6) is -0.869.